The van der Waals surface area contributed by atoms with E-state index in [4.69, 9.17) is 8.83 Å². The normalized spacial score (nSPS) is 12.7. The van der Waals surface area contributed by atoms with Gasteiger partial charge in [-0.3, -0.25) is 0 Å². The Balaban J connectivity index is 0.515. The van der Waals surface area contributed by atoms with E-state index in [0.29, 0.717) is 0 Å². The van der Waals surface area contributed by atoms with Gasteiger partial charge in [0.15, 0.2) is 0 Å². The van der Waals surface area contributed by atoms with Crippen molar-refractivity contribution in [2.45, 2.75) is 104 Å². The number of nitrogens with zero attached hydrogens (tertiary/aromatic N) is 4. The van der Waals surface area contributed by atoms with Gasteiger partial charge in [0.25, 0.3) is 0 Å². The molecule has 22 rings (SSSR count). The molecule has 6 aromatic heterocycles. The van der Waals surface area contributed by atoms with Gasteiger partial charge in [-0.05, 0) is 247 Å². The number of rotatable bonds is 13. The maximum absolute atomic E-state index is 6.41. The van der Waals surface area contributed by atoms with Gasteiger partial charge in [-0.2, -0.15) is 0 Å². The van der Waals surface area contributed by atoms with Gasteiger partial charge >= 0.3 is 0 Å². The second-order valence-electron chi connectivity index (χ2n) is 36.3. The van der Waals surface area contributed by atoms with Crippen LogP contribution in [-0.2, 0) is 21.7 Å². The second-order valence-corrected chi connectivity index (χ2v) is 36.3. The molecule has 570 valence electrons. The van der Waals surface area contributed by atoms with Gasteiger partial charge in [-0.25, -0.2) is 0 Å². The van der Waals surface area contributed by atoms with Crippen LogP contribution < -0.4 is 0 Å². The molecule has 0 N–H and O–H groups in total. The summed E-state index contributed by atoms with van der Waals surface area (Å²) in [6, 6.07) is 126. The summed E-state index contributed by atoms with van der Waals surface area (Å²) in [6.07, 6.45) is 2.03. The summed E-state index contributed by atoms with van der Waals surface area (Å²) in [4.78, 5) is 0. The van der Waals surface area contributed by atoms with Gasteiger partial charge in [0.05, 0.1) is 49.5 Å². The number of para-hydroxylation sites is 4. The van der Waals surface area contributed by atoms with Crippen LogP contribution in [0.25, 0.3) is 198 Å². The molecule has 0 saturated carbocycles. The van der Waals surface area contributed by atoms with E-state index in [1.807, 2.05) is 12.1 Å². The molecule has 0 atom stereocenters. The van der Waals surface area contributed by atoms with Gasteiger partial charge in [0, 0.05) is 82.0 Å². The van der Waals surface area contributed by atoms with E-state index >= 15 is 0 Å². The minimum atomic E-state index is -0.120. The molecule has 0 unspecified atom stereocenters. The summed E-state index contributed by atoms with van der Waals surface area (Å²) in [6.45, 7) is 23.8. The number of aromatic nitrogens is 4. The molecule has 0 spiro atoms. The third-order valence-electron chi connectivity index (χ3n) is 26.2. The van der Waals surface area contributed by atoms with E-state index < -0.39 is 0 Å². The standard InChI is InChI=1S/C112H90N4O2/c1-109(2,3)77-43-56-98-90(63-77)92-65-79(45-58-100(92)113(98)81-47-35-73(36-48-81)69-27-29-71(30-28-69)75-39-51-83(52-40-75)115-96-23-15-12-20-86(96)94-68-106-95(67-102(94)115)87-21-13-17-25-103(87)118-106)111(7,8)61-62-112(9,10)80-46-59-101-93(66-80)91-64-78(110(4,5)6)44-57-99(91)114(101)82-49-37-74(38-50-82)70-31-33-72(34-32-70)76-41-53-84(54-42-76)116-97-24-16-11-19-85(97)88-55-60-105-107(108(88)116)89-22-14-18-26-104(89)117-105/h11-60,63-68H,61-62H2,1-10H3. The van der Waals surface area contributed by atoms with Crippen molar-refractivity contribution in [3.05, 3.63) is 362 Å². The van der Waals surface area contributed by atoms with Crippen molar-refractivity contribution in [2.24, 2.45) is 0 Å². The Morgan fingerprint density at radius 2 is 0.508 bits per heavy atom. The molecular formula is C112H90N4O2. The van der Waals surface area contributed by atoms with Gasteiger partial charge in [-0.15, -0.1) is 0 Å². The highest BCUT2D eigenvalue weighted by atomic mass is 16.3. The Morgan fingerprint density at radius 3 is 0.932 bits per heavy atom. The summed E-state index contributed by atoms with van der Waals surface area (Å²) in [5.74, 6) is 0. The molecule has 6 heteroatoms. The van der Waals surface area contributed by atoms with Gasteiger partial charge in [-0.1, -0.05) is 263 Å². The first-order valence-corrected chi connectivity index (χ1v) is 41.7. The van der Waals surface area contributed by atoms with Crippen molar-refractivity contribution in [3.8, 4) is 67.3 Å². The molecule has 118 heavy (non-hydrogen) atoms. The van der Waals surface area contributed by atoms with E-state index in [2.05, 4.69) is 415 Å². The predicted octanol–water partition coefficient (Wildman–Crippen LogP) is 31.2. The quantitative estimate of drug-likeness (QED) is 0.115. The van der Waals surface area contributed by atoms with Crippen LogP contribution in [0, 0.1) is 0 Å². The smallest absolute Gasteiger partial charge is 0.137 e. The molecule has 0 aliphatic rings. The first kappa shape index (κ1) is 70.9. The molecular weight excluding hydrogens is 1430 g/mol. The van der Waals surface area contributed by atoms with E-state index in [-0.39, 0.29) is 21.7 Å². The Hall–Kier alpha value is -13.7. The largest absolute Gasteiger partial charge is 0.456 e. The molecule has 0 radical (unpaired) electrons. The van der Waals surface area contributed by atoms with Gasteiger partial charge < -0.3 is 27.1 Å². The lowest BCUT2D eigenvalue weighted by atomic mass is 9.72. The van der Waals surface area contributed by atoms with Crippen LogP contribution in [0.1, 0.15) is 104 Å². The Morgan fingerprint density at radius 1 is 0.203 bits per heavy atom. The molecule has 6 nitrogen and oxygen atoms in total. The fraction of sp³-hybridized carbons (Fsp3) is 0.143. The van der Waals surface area contributed by atoms with Crippen LogP contribution in [0.5, 0.6) is 0 Å². The minimum Gasteiger partial charge on any atom is -0.456 e. The first-order valence-electron chi connectivity index (χ1n) is 41.7. The third-order valence-corrected chi connectivity index (χ3v) is 26.2. The van der Waals surface area contributed by atoms with Crippen molar-refractivity contribution >= 4 is 131 Å². The highest BCUT2D eigenvalue weighted by Crippen LogP contribution is 2.47. The molecule has 0 aliphatic heterocycles. The lowest BCUT2D eigenvalue weighted by Gasteiger charge is -2.32. The predicted molar refractivity (Wildman–Crippen MR) is 499 cm³/mol. The topological polar surface area (TPSA) is 46.0 Å². The average Bonchev–Trinajstić information content (AvgIpc) is 1.45. The molecule has 0 aliphatic carbocycles. The maximum atomic E-state index is 6.41. The minimum absolute atomic E-state index is 0.0131. The molecule has 0 fully saturated rings. The lowest BCUT2D eigenvalue weighted by molar-refractivity contribution is 0.375. The fourth-order valence-corrected chi connectivity index (χ4v) is 19.2. The summed E-state index contributed by atoms with van der Waals surface area (Å²) in [7, 11) is 0. The summed E-state index contributed by atoms with van der Waals surface area (Å²) in [5.41, 5.74) is 32.3. The Kier molecular flexibility index (Phi) is 15.9. The van der Waals surface area contributed by atoms with E-state index in [1.165, 1.54) is 154 Å². The SMILES string of the molecule is CC(C)(C)c1ccc2c(c1)c1cc(C(C)(C)CCC(C)(C)c3ccc4c(c3)c3cc(C(C)(C)C)ccc3n4-c3ccc(-c4ccc(-c5ccc(-n6c7ccccc7c7ccc8oc9ccccc9c8c76)cc5)cc4)cc3)ccc1n2-c1ccc(-c2ccc(-c3ccc(-n4c5ccccc5c5cc6oc7ccccc7c6cc54)cc3)cc2)cc1. The first-order chi connectivity index (χ1) is 57.2. The lowest BCUT2D eigenvalue weighted by Crippen LogP contribution is -2.24. The number of benzene rings is 16. The molecule has 6 heterocycles. The molecule has 0 saturated heterocycles. The number of hydrogen-bond acceptors (Lipinski definition) is 2. The highest BCUT2D eigenvalue weighted by Gasteiger charge is 2.31. The van der Waals surface area contributed by atoms with Crippen LogP contribution >= 0.6 is 0 Å². The van der Waals surface area contributed by atoms with Crippen molar-refractivity contribution in [3.63, 3.8) is 0 Å². The molecule has 22 aromatic rings. The van der Waals surface area contributed by atoms with Crippen LogP contribution in [-0.4, -0.2) is 18.3 Å². The van der Waals surface area contributed by atoms with E-state index in [9.17, 15) is 0 Å². The fourth-order valence-electron chi connectivity index (χ4n) is 19.2. The zero-order chi connectivity index (χ0) is 79.8. The number of furan rings is 2. The monoisotopic (exact) mass is 1520 g/mol. The average molecular weight is 1520 g/mol. The van der Waals surface area contributed by atoms with Gasteiger partial charge in [0.2, 0.25) is 0 Å². The van der Waals surface area contributed by atoms with E-state index in [1.54, 1.807) is 0 Å². The summed E-state index contributed by atoms with van der Waals surface area (Å²) >= 11 is 0. The van der Waals surface area contributed by atoms with E-state index in [0.717, 1.165) is 79.5 Å². The van der Waals surface area contributed by atoms with Gasteiger partial charge in [0.1, 0.15) is 22.3 Å². The zero-order valence-corrected chi connectivity index (χ0v) is 68.4. The maximum Gasteiger partial charge on any atom is 0.137 e. The molecule has 0 bridgehead atoms. The van der Waals surface area contributed by atoms with Crippen LogP contribution in [0.3, 0.4) is 0 Å². The zero-order valence-electron chi connectivity index (χ0n) is 68.4. The van der Waals surface area contributed by atoms with Crippen molar-refractivity contribution in [1.82, 2.24) is 18.3 Å². The number of fused-ring (bicyclic) bond motifs is 19. The third kappa shape index (κ3) is 11.5. The summed E-state index contributed by atoms with van der Waals surface area (Å²) in [5, 5.41) is 14.6. The Bertz CT molecular complexity index is 7810. The summed E-state index contributed by atoms with van der Waals surface area (Å²) < 4.78 is 22.5. The second kappa shape index (κ2) is 26.4. The van der Waals surface area contributed by atoms with Crippen LogP contribution in [0.15, 0.2) is 349 Å². The number of hydrogen-bond donors (Lipinski definition) is 0. The highest BCUT2D eigenvalue weighted by molar-refractivity contribution is 6.25. The Labute approximate surface area is 686 Å². The van der Waals surface area contributed by atoms with Crippen molar-refractivity contribution in [2.75, 3.05) is 0 Å². The van der Waals surface area contributed by atoms with Crippen molar-refractivity contribution in [1.29, 1.82) is 0 Å². The van der Waals surface area contributed by atoms with Crippen LogP contribution in [0.2, 0.25) is 0 Å². The van der Waals surface area contributed by atoms with Crippen LogP contribution in [0.4, 0.5) is 0 Å². The molecule has 16 aromatic carbocycles. The molecule has 0 amide bonds. The van der Waals surface area contributed by atoms with Crippen molar-refractivity contribution < 1.29 is 8.83 Å².